The van der Waals surface area contributed by atoms with Crippen LogP contribution in [0.25, 0.3) is 0 Å². The lowest BCUT2D eigenvalue weighted by Gasteiger charge is -2.17. The van der Waals surface area contributed by atoms with Gasteiger partial charge in [-0.3, -0.25) is 9.59 Å². The molecule has 2 amide bonds. The second-order valence-electron chi connectivity index (χ2n) is 5.99. The summed E-state index contributed by atoms with van der Waals surface area (Å²) in [7, 11) is 0. The maximum absolute atomic E-state index is 12.4. The minimum Gasteiger partial charge on any atom is -0.393 e. The molecule has 2 unspecified atom stereocenters. The predicted octanol–water partition coefficient (Wildman–Crippen LogP) is 1.96. The second kappa shape index (κ2) is 7.21. The van der Waals surface area contributed by atoms with Gasteiger partial charge in [0, 0.05) is 24.7 Å². The van der Waals surface area contributed by atoms with Crippen molar-refractivity contribution in [3.05, 3.63) is 29.8 Å². The van der Waals surface area contributed by atoms with Crippen LogP contribution in [0.1, 0.15) is 18.9 Å². The van der Waals surface area contributed by atoms with Crippen molar-refractivity contribution in [2.24, 2.45) is 5.92 Å². The summed E-state index contributed by atoms with van der Waals surface area (Å²) in [5, 5.41) is 11.8. The molecule has 2 atom stereocenters. The number of likely N-dealkylation sites (tertiary alicyclic amines) is 1. The minimum absolute atomic E-state index is 0.00286. The summed E-state index contributed by atoms with van der Waals surface area (Å²) in [6.07, 6.45) is -5.40. The van der Waals surface area contributed by atoms with Crippen LogP contribution < -0.4 is 5.32 Å². The number of hydrogen-bond donors (Lipinski definition) is 2. The largest absolute Gasteiger partial charge is 0.393 e. The number of carbonyl (C=O) groups is 2. The zero-order chi connectivity index (χ0) is 17.9. The summed E-state index contributed by atoms with van der Waals surface area (Å²) in [4.78, 5) is 25.4. The van der Waals surface area contributed by atoms with E-state index in [1.54, 1.807) is 6.92 Å². The van der Waals surface area contributed by atoms with Gasteiger partial charge in [-0.1, -0.05) is 12.1 Å². The molecule has 2 rings (SSSR count). The average Bonchev–Trinajstić information content (AvgIpc) is 2.94. The molecule has 5 nitrogen and oxygen atoms in total. The molecule has 0 bridgehead atoms. The average molecular weight is 344 g/mol. The van der Waals surface area contributed by atoms with Crippen molar-refractivity contribution in [2.75, 3.05) is 18.4 Å². The molecule has 2 N–H and O–H groups in total. The molecule has 1 heterocycles. The van der Waals surface area contributed by atoms with E-state index in [2.05, 4.69) is 5.32 Å². The van der Waals surface area contributed by atoms with Crippen molar-refractivity contribution in [1.82, 2.24) is 4.90 Å². The van der Waals surface area contributed by atoms with Crippen molar-refractivity contribution in [3.8, 4) is 0 Å². The molecule has 0 radical (unpaired) electrons. The standard InChI is InChI=1S/C16H19F3N2O3/c1-10(22)12-5-6-21(9-12)15(24)14(23)20-13-4-2-3-11(7-13)8-16(17,18)19/h2-4,7,10,12,22H,5-6,8-9H2,1H3,(H,20,23). The second-order valence-corrected chi connectivity index (χ2v) is 5.99. The van der Waals surface area contributed by atoms with Crippen LogP contribution in [0.5, 0.6) is 0 Å². The summed E-state index contributed by atoms with van der Waals surface area (Å²) in [6, 6.07) is 5.31. The molecule has 0 aliphatic carbocycles. The number of hydrogen-bond acceptors (Lipinski definition) is 3. The highest BCUT2D eigenvalue weighted by molar-refractivity contribution is 6.39. The van der Waals surface area contributed by atoms with Gasteiger partial charge in [-0.15, -0.1) is 0 Å². The Hall–Kier alpha value is -2.09. The number of nitrogens with one attached hydrogen (secondary N) is 1. The Morgan fingerprint density at radius 2 is 2.12 bits per heavy atom. The van der Waals surface area contributed by atoms with Crippen LogP contribution in [0.2, 0.25) is 0 Å². The number of nitrogens with zero attached hydrogens (tertiary/aromatic N) is 1. The Bertz CT molecular complexity index is 617. The van der Waals surface area contributed by atoms with Gasteiger partial charge in [0.25, 0.3) is 0 Å². The number of aliphatic hydroxyl groups excluding tert-OH is 1. The summed E-state index contributed by atoms with van der Waals surface area (Å²) < 4.78 is 37.2. The normalized spacial score (nSPS) is 19.2. The summed E-state index contributed by atoms with van der Waals surface area (Å²) in [6.45, 7) is 2.29. The Morgan fingerprint density at radius 3 is 2.71 bits per heavy atom. The van der Waals surface area contributed by atoms with E-state index >= 15 is 0 Å². The summed E-state index contributed by atoms with van der Waals surface area (Å²) >= 11 is 0. The number of alkyl halides is 3. The number of amides is 2. The van der Waals surface area contributed by atoms with Crippen LogP contribution in [0.15, 0.2) is 24.3 Å². The number of rotatable bonds is 3. The van der Waals surface area contributed by atoms with E-state index in [-0.39, 0.29) is 23.7 Å². The highest BCUT2D eigenvalue weighted by Gasteiger charge is 2.32. The van der Waals surface area contributed by atoms with Crippen molar-refractivity contribution in [2.45, 2.75) is 32.0 Å². The Morgan fingerprint density at radius 1 is 1.42 bits per heavy atom. The van der Waals surface area contributed by atoms with Crippen LogP contribution in [-0.2, 0) is 16.0 Å². The van der Waals surface area contributed by atoms with Crippen molar-refractivity contribution < 1.29 is 27.9 Å². The number of aliphatic hydroxyl groups is 1. The molecular formula is C16H19F3N2O3. The molecule has 24 heavy (non-hydrogen) atoms. The Kier molecular flexibility index (Phi) is 5.48. The SMILES string of the molecule is CC(O)C1CCN(C(=O)C(=O)Nc2cccc(CC(F)(F)F)c2)C1. The molecule has 1 fully saturated rings. The summed E-state index contributed by atoms with van der Waals surface area (Å²) in [5.41, 5.74) is 0.143. The predicted molar refractivity (Wildman–Crippen MR) is 81.2 cm³/mol. The maximum atomic E-state index is 12.4. The van der Waals surface area contributed by atoms with Crippen LogP contribution in [-0.4, -0.2) is 47.2 Å². The molecular weight excluding hydrogens is 325 g/mol. The molecule has 8 heteroatoms. The molecule has 1 aliphatic heterocycles. The van der Waals surface area contributed by atoms with Gasteiger partial charge in [0.2, 0.25) is 0 Å². The van der Waals surface area contributed by atoms with Crippen molar-refractivity contribution in [1.29, 1.82) is 0 Å². The fraction of sp³-hybridized carbons (Fsp3) is 0.500. The fourth-order valence-corrected chi connectivity index (χ4v) is 2.68. The third-order valence-electron chi connectivity index (χ3n) is 3.98. The topological polar surface area (TPSA) is 69.6 Å². The van der Waals surface area contributed by atoms with Crippen molar-refractivity contribution >= 4 is 17.5 Å². The quantitative estimate of drug-likeness (QED) is 0.824. The third-order valence-corrected chi connectivity index (χ3v) is 3.98. The third kappa shape index (κ3) is 4.95. The minimum atomic E-state index is -4.34. The van der Waals surface area contributed by atoms with Gasteiger partial charge in [-0.05, 0) is 31.0 Å². The first kappa shape index (κ1) is 18.3. The van der Waals surface area contributed by atoms with E-state index in [9.17, 15) is 27.9 Å². The van der Waals surface area contributed by atoms with Gasteiger partial charge in [0.15, 0.2) is 0 Å². The van der Waals surface area contributed by atoms with E-state index in [1.165, 1.54) is 29.2 Å². The van der Waals surface area contributed by atoms with Gasteiger partial charge in [0.1, 0.15) is 0 Å². The summed E-state index contributed by atoms with van der Waals surface area (Å²) in [5.74, 6) is -1.72. The van der Waals surface area contributed by atoms with E-state index in [1.807, 2.05) is 0 Å². The first-order valence-electron chi connectivity index (χ1n) is 7.60. The molecule has 0 aromatic heterocycles. The van der Waals surface area contributed by atoms with Gasteiger partial charge in [-0.25, -0.2) is 0 Å². The molecule has 1 aromatic carbocycles. The monoisotopic (exact) mass is 344 g/mol. The van der Waals surface area contributed by atoms with Crippen molar-refractivity contribution in [3.63, 3.8) is 0 Å². The van der Waals surface area contributed by atoms with Gasteiger partial charge < -0.3 is 15.3 Å². The first-order chi connectivity index (χ1) is 11.2. The van der Waals surface area contributed by atoms with Crippen LogP contribution in [0.3, 0.4) is 0 Å². The molecule has 1 aliphatic rings. The maximum Gasteiger partial charge on any atom is 0.393 e. The highest BCUT2D eigenvalue weighted by Crippen LogP contribution is 2.23. The number of anilines is 1. The number of halogens is 3. The van der Waals surface area contributed by atoms with E-state index in [0.29, 0.717) is 13.0 Å². The smallest absolute Gasteiger partial charge is 0.393 e. The molecule has 0 saturated carbocycles. The van der Waals surface area contributed by atoms with E-state index in [4.69, 9.17) is 0 Å². The fourth-order valence-electron chi connectivity index (χ4n) is 2.68. The molecule has 132 valence electrons. The first-order valence-corrected chi connectivity index (χ1v) is 7.60. The van der Waals surface area contributed by atoms with Gasteiger partial charge in [0.05, 0.1) is 12.5 Å². The van der Waals surface area contributed by atoms with Gasteiger partial charge >= 0.3 is 18.0 Å². The highest BCUT2D eigenvalue weighted by atomic mass is 19.4. The van der Waals surface area contributed by atoms with Gasteiger partial charge in [-0.2, -0.15) is 13.2 Å². The lowest BCUT2D eigenvalue weighted by Crippen LogP contribution is -2.38. The Balaban J connectivity index is 1.97. The molecule has 1 aromatic rings. The molecule has 1 saturated heterocycles. The van der Waals surface area contributed by atoms with Crippen LogP contribution in [0.4, 0.5) is 18.9 Å². The molecule has 0 spiro atoms. The zero-order valence-corrected chi connectivity index (χ0v) is 13.1. The lowest BCUT2D eigenvalue weighted by molar-refractivity contribution is -0.142. The lowest BCUT2D eigenvalue weighted by atomic mass is 10.0. The van der Waals surface area contributed by atoms with Crippen LogP contribution in [0, 0.1) is 5.92 Å². The number of carbonyl (C=O) groups excluding carboxylic acids is 2. The zero-order valence-electron chi connectivity index (χ0n) is 13.1. The Labute approximate surface area is 137 Å². The van der Waals surface area contributed by atoms with E-state index < -0.39 is 30.5 Å². The van der Waals surface area contributed by atoms with Crippen LogP contribution >= 0.6 is 0 Å². The van der Waals surface area contributed by atoms with E-state index in [0.717, 1.165) is 0 Å². The number of benzene rings is 1.